The molecule has 7 N–H and O–H groups in total. The van der Waals surface area contributed by atoms with E-state index in [0.29, 0.717) is 25.0 Å². The van der Waals surface area contributed by atoms with Crippen LogP contribution in [0.5, 0.6) is 0 Å². The van der Waals surface area contributed by atoms with Crippen molar-refractivity contribution in [2.24, 2.45) is 45.3 Å². The summed E-state index contributed by atoms with van der Waals surface area (Å²) in [6.45, 7) is 18.5. The molecule has 310 valence electrons. The quantitative estimate of drug-likeness (QED) is 0.134. The Bertz CT molecular complexity index is 1400. The summed E-state index contributed by atoms with van der Waals surface area (Å²) in [5.41, 5.74) is -0.622. The minimum absolute atomic E-state index is 0.0663. The largest absolute Gasteiger partial charge is 0.394 e. The van der Waals surface area contributed by atoms with E-state index in [0.717, 1.165) is 38.5 Å². The molecule has 2 heterocycles. The van der Waals surface area contributed by atoms with Crippen LogP contribution >= 0.6 is 0 Å². The molecule has 4 saturated carbocycles. The average Bonchev–Trinajstić information content (AvgIpc) is 3.48. The molecule has 2 saturated heterocycles. The number of Topliss-reactive ketones (excluding diaryl/α,β-unsaturated/α-hetero) is 1. The molecule has 12 heteroatoms. The third-order valence-corrected chi connectivity index (χ3v) is 16.3. The number of carbonyl (C=O) groups is 1. The zero-order valence-corrected chi connectivity index (χ0v) is 34.0. The van der Waals surface area contributed by atoms with Crippen LogP contribution in [0.1, 0.15) is 120 Å². The Labute approximate surface area is 321 Å². The summed E-state index contributed by atoms with van der Waals surface area (Å²) in [6.07, 6.45) is -5.05. The van der Waals surface area contributed by atoms with Crippen molar-refractivity contribution < 1.29 is 59.5 Å². The maximum Gasteiger partial charge on any atom is 0.187 e. The molecule has 6 fully saturated rings. The first-order valence-electron chi connectivity index (χ1n) is 20.6. The summed E-state index contributed by atoms with van der Waals surface area (Å²) >= 11 is 0. The topological polar surface area (TPSA) is 196 Å². The third kappa shape index (κ3) is 6.78. The zero-order valence-electron chi connectivity index (χ0n) is 34.0. The summed E-state index contributed by atoms with van der Waals surface area (Å²) in [5, 5.41) is 75.3. The molecule has 0 unspecified atom stereocenters. The molecule has 12 nitrogen and oxygen atoms in total. The van der Waals surface area contributed by atoms with Crippen LogP contribution in [-0.4, -0.2) is 121 Å². The van der Waals surface area contributed by atoms with Crippen LogP contribution in [0, 0.1) is 45.3 Å². The predicted octanol–water partition coefficient (Wildman–Crippen LogP) is 3.38. The first kappa shape index (κ1) is 42.6. The van der Waals surface area contributed by atoms with Gasteiger partial charge in [-0.05, 0) is 118 Å². The summed E-state index contributed by atoms with van der Waals surface area (Å²) in [5.74, 6) is 0.378. The van der Waals surface area contributed by atoms with Gasteiger partial charge in [-0.15, -0.1) is 0 Å². The second-order valence-corrected chi connectivity index (χ2v) is 19.9. The van der Waals surface area contributed by atoms with Crippen molar-refractivity contribution in [3.8, 4) is 0 Å². The fourth-order valence-corrected chi connectivity index (χ4v) is 12.9. The summed E-state index contributed by atoms with van der Waals surface area (Å²) in [6, 6.07) is 0. The second kappa shape index (κ2) is 15.0. The van der Waals surface area contributed by atoms with Crippen molar-refractivity contribution in [3.63, 3.8) is 0 Å². The van der Waals surface area contributed by atoms with Gasteiger partial charge in [-0.25, -0.2) is 0 Å². The molecule has 54 heavy (non-hydrogen) atoms. The normalized spacial score (nSPS) is 51.4. The number of aliphatic hydroxyl groups is 7. The van der Waals surface area contributed by atoms with Crippen molar-refractivity contribution in [2.45, 2.75) is 193 Å². The van der Waals surface area contributed by atoms with E-state index in [1.54, 1.807) is 0 Å². The van der Waals surface area contributed by atoms with Gasteiger partial charge >= 0.3 is 0 Å². The predicted molar refractivity (Wildman–Crippen MR) is 199 cm³/mol. The van der Waals surface area contributed by atoms with E-state index in [4.69, 9.17) is 18.9 Å². The van der Waals surface area contributed by atoms with Crippen LogP contribution < -0.4 is 0 Å². The Morgan fingerprint density at radius 2 is 1.50 bits per heavy atom. The van der Waals surface area contributed by atoms with E-state index in [1.165, 1.54) is 12.5 Å². The lowest BCUT2D eigenvalue weighted by atomic mass is 9.35. The van der Waals surface area contributed by atoms with Gasteiger partial charge in [-0.1, -0.05) is 46.3 Å². The van der Waals surface area contributed by atoms with E-state index in [-0.39, 0.29) is 39.9 Å². The minimum atomic E-state index is -1.65. The number of fused-ring (bicyclic) bond motifs is 5. The van der Waals surface area contributed by atoms with Crippen molar-refractivity contribution in [3.05, 3.63) is 11.6 Å². The summed E-state index contributed by atoms with van der Waals surface area (Å²) in [4.78, 5) is 14.5. The molecule has 6 aliphatic rings. The first-order valence-corrected chi connectivity index (χ1v) is 20.6. The van der Waals surface area contributed by atoms with Gasteiger partial charge in [0.2, 0.25) is 0 Å². The summed E-state index contributed by atoms with van der Waals surface area (Å²) < 4.78 is 24.5. The number of rotatable bonds is 9. The number of ether oxygens (including phenoxy) is 4. The van der Waals surface area contributed by atoms with Gasteiger partial charge in [0.25, 0.3) is 0 Å². The number of ketones is 1. The molecule has 0 spiro atoms. The smallest absolute Gasteiger partial charge is 0.187 e. The fourth-order valence-electron chi connectivity index (χ4n) is 12.9. The highest BCUT2D eigenvalue weighted by atomic mass is 16.8. The maximum absolute atomic E-state index is 14.5. The molecule has 4 aliphatic carbocycles. The second-order valence-electron chi connectivity index (χ2n) is 19.9. The maximum atomic E-state index is 14.5. The van der Waals surface area contributed by atoms with E-state index < -0.39 is 85.1 Å². The Kier molecular flexibility index (Phi) is 11.8. The van der Waals surface area contributed by atoms with Gasteiger partial charge in [-0.3, -0.25) is 4.79 Å². The van der Waals surface area contributed by atoms with Crippen molar-refractivity contribution in [1.82, 2.24) is 0 Å². The van der Waals surface area contributed by atoms with Gasteiger partial charge in [0, 0.05) is 12.3 Å². The summed E-state index contributed by atoms with van der Waals surface area (Å²) in [7, 11) is 0. The first-order chi connectivity index (χ1) is 25.0. The van der Waals surface area contributed by atoms with E-state index in [1.807, 2.05) is 6.92 Å². The number of aliphatic hydroxyl groups excluding tert-OH is 6. The molecule has 0 aromatic rings. The van der Waals surface area contributed by atoms with Gasteiger partial charge in [0.1, 0.15) is 48.5 Å². The number of allylic oxidation sites excluding steroid dienone is 2. The lowest BCUT2D eigenvalue weighted by Crippen LogP contribution is -2.67. The molecular weight excluding hydrogens is 696 g/mol. The molecular formula is C42H70O12. The highest BCUT2D eigenvalue weighted by Crippen LogP contribution is 2.75. The van der Waals surface area contributed by atoms with Crippen molar-refractivity contribution >= 4 is 5.78 Å². The Hall–Kier alpha value is -1.03. The van der Waals surface area contributed by atoms with Crippen LogP contribution in [-0.2, 0) is 23.7 Å². The standard InChI is InChI=1S/C42H70O12/c1-21(2)11-10-15-42(9,50)23-12-17-41(8)29(23)24(44)19-27-39(6)16-14-28(38(4,5)26(39)13-18-40(27,41)7)53-37-35(33(48)31(46)25(20-43)52-37)54-36-34(49)32(47)30(45)22(3)51-36/h11,22-23,25-37,43,45-50H,10,12-20H2,1-9H3/t22-,23-,25+,26-,27+,28-,29-,30-,31+,32+,33-,34+,35+,36-,37-,39-,40+,41+,42-/m0/s1. The van der Waals surface area contributed by atoms with E-state index >= 15 is 0 Å². The molecule has 0 bridgehead atoms. The molecule has 0 amide bonds. The van der Waals surface area contributed by atoms with Crippen LogP contribution in [0.4, 0.5) is 0 Å². The van der Waals surface area contributed by atoms with Crippen LogP contribution in [0.25, 0.3) is 0 Å². The van der Waals surface area contributed by atoms with Gasteiger partial charge in [0.05, 0.1) is 24.4 Å². The Balaban J connectivity index is 1.23. The monoisotopic (exact) mass is 766 g/mol. The molecule has 0 radical (unpaired) electrons. The molecule has 0 aromatic carbocycles. The van der Waals surface area contributed by atoms with Gasteiger partial charge in [0.15, 0.2) is 12.6 Å². The molecule has 6 rings (SSSR count). The zero-order chi connectivity index (χ0) is 39.9. The average molecular weight is 767 g/mol. The highest BCUT2D eigenvalue weighted by Gasteiger charge is 2.72. The van der Waals surface area contributed by atoms with Crippen LogP contribution in [0.15, 0.2) is 11.6 Å². The lowest BCUT2D eigenvalue weighted by molar-refractivity contribution is -0.376. The minimum Gasteiger partial charge on any atom is -0.394 e. The van der Waals surface area contributed by atoms with Gasteiger partial charge in [-0.2, -0.15) is 0 Å². The molecule has 2 aliphatic heterocycles. The Morgan fingerprint density at radius 1 is 0.833 bits per heavy atom. The van der Waals surface area contributed by atoms with Crippen LogP contribution in [0.2, 0.25) is 0 Å². The van der Waals surface area contributed by atoms with Crippen molar-refractivity contribution in [2.75, 3.05) is 6.61 Å². The molecule has 0 aromatic heterocycles. The fraction of sp³-hybridized carbons (Fsp3) is 0.929. The lowest BCUT2D eigenvalue weighted by Gasteiger charge is -2.69. The van der Waals surface area contributed by atoms with Crippen LogP contribution in [0.3, 0.4) is 0 Å². The van der Waals surface area contributed by atoms with Crippen molar-refractivity contribution in [1.29, 1.82) is 0 Å². The third-order valence-electron chi connectivity index (χ3n) is 16.3. The highest BCUT2D eigenvalue weighted by molar-refractivity contribution is 5.84. The van der Waals surface area contributed by atoms with E-state index in [2.05, 4.69) is 54.5 Å². The number of carbonyl (C=O) groups excluding carboxylic acids is 1. The number of hydrogen-bond donors (Lipinski definition) is 7. The SMILES string of the molecule is CC(C)=CCC[C@](C)(O)[C@H]1CC[C@]2(C)[C@@H]1C(=O)C[C@@H]1[C@@]3(C)CC[C@H](O[C@@H]4O[C@H](CO)[C@@H](O)[C@H](O)[C@H]4O[C@@H]4O[C@@H](C)[C@H](O)[C@@H](O)[C@H]4O)C(C)(C)[C@@H]3CC[C@]12C. The number of hydrogen-bond acceptors (Lipinski definition) is 12. The van der Waals surface area contributed by atoms with Gasteiger partial charge < -0.3 is 54.7 Å². The molecule has 19 atom stereocenters. The van der Waals surface area contributed by atoms with E-state index in [9.17, 15) is 40.5 Å². The Morgan fingerprint density at radius 3 is 2.15 bits per heavy atom.